The minimum absolute atomic E-state index is 0.00375. The molecule has 0 aliphatic carbocycles. The number of nitro groups is 1. The van der Waals surface area contributed by atoms with Gasteiger partial charge in [0.2, 0.25) is 0 Å². The van der Waals surface area contributed by atoms with Gasteiger partial charge in [-0.1, -0.05) is 11.6 Å². The Morgan fingerprint density at radius 1 is 1.60 bits per heavy atom. The molecule has 0 radical (unpaired) electrons. The number of aliphatic hydroxyl groups is 1. The van der Waals surface area contributed by atoms with E-state index in [1.165, 1.54) is 0 Å². The third-order valence-corrected chi connectivity index (χ3v) is 1.95. The Kier molecular flexibility index (Phi) is 3.81. The number of hydrogen-bond donors (Lipinski definition) is 2. The van der Waals surface area contributed by atoms with Crippen molar-refractivity contribution in [1.82, 2.24) is 0 Å². The number of nitrogens with one attached hydrogen (secondary N) is 1. The Labute approximate surface area is 89.6 Å². The zero-order valence-electron chi connectivity index (χ0n) is 7.54. The molecular formula is C8H8ClFN2O3. The molecule has 82 valence electrons. The molecule has 0 amide bonds. The highest BCUT2D eigenvalue weighted by Gasteiger charge is 2.17. The molecule has 7 heteroatoms. The molecule has 0 aromatic heterocycles. The molecule has 1 aromatic carbocycles. The second kappa shape index (κ2) is 4.90. The molecule has 0 unspecified atom stereocenters. The molecule has 1 aromatic rings. The van der Waals surface area contributed by atoms with Gasteiger partial charge in [0.25, 0.3) is 5.69 Å². The normalized spacial score (nSPS) is 10.1. The molecule has 1 rings (SSSR count). The Hall–Kier alpha value is -1.40. The van der Waals surface area contributed by atoms with E-state index in [0.29, 0.717) is 0 Å². The van der Waals surface area contributed by atoms with Crippen molar-refractivity contribution in [2.45, 2.75) is 0 Å². The lowest BCUT2D eigenvalue weighted by Gasteiger charge is -2.06. The predicted octanol–water partition coefficient (Wildman–Crippen LogP) is 1.79. The van der Waals surface area contributed by atoms with Crippen LogP contribution in [0.4, 0.5) is 15.8 Å². The van der Waals surface area contributed by atoms with Gasteiger partial charge in [-0.3, -0.25) is 10.1 Å². The summed E-state index contributed by atoms with van der Waals surface area (Å²) >= 11 is 5.41. The van der Waals surface area contributed by atoms with Gasteiger partial charge >= 0.3 is 0 Å². The van der Waals surface area contributed by atoms with Crippen LogP contribution in [0.1, 0.15) is 0 Å². The van der Waals surface area contributed by atoms with E-state index < -0.39 is 10.7 Å². The van der Waals surface area contributed by atoms with E-state index in [4.69, 9.17) is 16.7 Å². The van der Waals surface area contributed by atoms with E-state index in [9.17, 15) is 14.5 Å². The summed E-state index contributed by atoms with van der Waals surface area (Å²) in [5.41, 5.74) is -0.328. The molecule has 15 heavy (non-hydrogen) atoms. The fourth-order valence-electron chi connectivity index (χ4n) is 1.02. The van der Waals surface area contributed by atoms with Crippen LogP contribution in [0.5, 0.6) is 0 Å². The highest BCUT2D eigenvalue weighted by Crippen LogP contribution is 2.29. The molecule has 0 aliphatic heterocycles. The summed E-state index contributed by atoms with van der Waals surface area (Å²) in [6.07, 6.45) is 0. The maximum Gasteiger partial charge on any atom is 0.294 e. The number of halogens is 2. The summed E-state index contributed by atoms with van der Waals surface area (Å²) in [4.78, 5) is 9.89. The lowest BCUT2D eigenvalue weighted by molar-refractivity contribution is -0.384. The Bertz CT molecular complexity index is 386. The van der Waals surface area contributed by atoms with Crippen LogP contribution in [0.25, 0.3) is 0 Å². The molecule has 0 saturated heterocycles. The second-order valence-electron chi connectivity index (χ2n) is 2.69. The van der Waals surface area contributed by atoms with Crippen molar-refractivity contribution in [3.05, 3.63) is 33.1 Å². The van der Waals surface area contributed by atoms with Gasteiger partial charge < -0.3 is 10.4 Å². The highest BCUT2D eigenvalue weighted by atomic mass is 35.5. The second-order valence-corrected chi connectivity index (χ2v) is 3.10. The molecule has 0 spiro atoms. The first-order valence-electron chi connectivity index (χ1n) is 4.04. The number of anilines is 1. The van der Waals surface area contributed by atoms with Gasteiger partial charge in [-0.2, -0.15) is 0 Å². The number of hydrogen-bond acceptors (Lipinski definition) is 4. The van der Waals surface area contributed by atoms with Crippen molar-refractivity contribution in [1.29, 1.82) is 0 Å². The molecule has 0 aliphatic rings. The van der Waals surface area contributed by atoms with Gasteiger partial charge in [-0.05, 0) is 0 Å². The van der Waals surface area contributed by atoms with Gasteiger partial charge in [-0.15, -0.1) is 0 Å². The van der Waals surface area contributed by atoms with Crippen molar-refractivity contribution >= 4 is 23.0 Å². The van der Waals surface area contributed by atoms with Crippen molar-refractivity contribution < 1.29 is 14.4 Å². The van der Waals surface area contributed by atoms with Gasteiger partial charge in [-0.25, -0.2) is 4.39 Å². The lowest BCUT2D eigenvalue weighted by Crippen LogP contribution is -2.07. The molecular weight excluding hydrogens is 227 g/mol. The van der Waals surface area contributed by atoms with Crippen LogP contribution in [0.15, 0.2) is 12.1 Å². The number of rotatable bonds is 4. The van der Waals surface area contributed by atoms with E-state index in [-0.39, 0.29) is 29.5 Å². The minimum atomic E-state index is -0.747. The standard InChI is InChI=1S/C8H8ClFN2O3/c9-5-3-8(12(14)15)7(4-6(5)10)11-1-2-13/h3-4,11,13H,1-2H2. The summed E-state index contributed by atoms with van der Waals surface area (Å²) in [6, 6.07) is 1.85. The topological polar surface area (TPSA) is 75.4 Å². The van der Waals surface area contributed by atoms with Crippen LogP contribution in [0.3, 0.4) is 0 Å². The first-order valence-corrected chi connectivity index (χ1v) is 4.42. The SMILES string of the molecule is O=[N+]([O-])c1cc(Cl)c(F)cc1NCCO. The summed E-state index contributed by atoms with van der Waals surface area (Å²) in [7, 11) is 0. The molecule has 2 N–H and O–H groups in total. The van der Waals surface area contributed by atoms with E-state index in [2.05, 4.69) is 5.32 Å². The molecule has 0 bridgehead atoms. The third-order valence-electron chi connectivity index (χ3n) is 1.66. The molecule has 0 atom stereocenters. The van der Waals surface area contributed by atoms with Crippen LogP contribution >= 0.6 is 11.6 Å². The average molecular weight is 235 g/mol. The fourth-order valence-corrected chi connectivity index (χ4v) is 1.18. The molecule has 0 fully saturated rings. The zero-order valence-corrected chi connectivity index (χ0v) is 8.29. The van der Waals surface area contributed by atoms with E-state index in [0.717, 1.165) is 12.1 Å². The van der Waals surface area contributed by atoms with Crippen LogP contribution in [-0.4, -0.2) is 23.2 Å². The van der Waals surface area contributed by atoms with Crippen molar-refractivity contribution in [3.8, 4) is 0 Å². The van der Waals surface area contributed by atoms with Crippen molar-refractivity contribution in [3.63, 3.8) is 0 Å². The molecule has 5 nitrogen and oxygen atoms in total. The summed E-state index contributed by atoms with van der Waals surface area (Å²) < 4.78 is 13.0. The van der Waals surface area contributed by atoms with Crippen LogP contribution in [-0.2, 0) is 0 Å². The lowest BCUT2D eigenvalue weighted by atomic mass is 10.2. The third kappa shape index (κ3) is 2.77. The zero-order chi connectivity index (χ0) is 11.4. The smallest absolute Gasteiger partial charge is 0.294 e. The summed E-state index contributed by atoms with van der Waals surface area (Å²) in [5.74, 6) is -0.747. The number of benzene rings is 1. The summed E-state index contributed by atoms with van der Waals surface area (Å²) in [6.45, 7) is -0.108. The van der Waals surface area contributed by atoms with E-state index in [1.807, 2.05) is 0 Å². The highest BCUT2D eigenvalue weighted by molar-refractivity contribution is 6.31. The van der Waals surface area contributed by atoms with Crippen LogP contribution in [0, 0.1) is 15.9 Å². The fraction of sp³-hybridized carbons (Fsp3) is 0.250. The monoisotopic (exact) mass is 234 g/mol. The van der Waals surface area contributed by atoms with E-state index >= 15 is 0 Å². The maximum absolute atomic E-state index is 13.0. The average Bonchev–Trinajstić information content (AvgIpc) is 2.19. The first kappa shape index (κ1) is 11.7. The largest absolute Gasteiger partial charge is 0.395 e. The van der Waals surface area contributed by atoms with Gasteiger partial charge in [0, 0.05) is 18.7 Å². The van der Waals surface area contributed by atoms with Crippen molar-refractivity contribution in [2.24, 2.45) is 0 Å². The van der Waals surface area contributed by atoms with Crippen LogP contribution in [0.2, 0.25) is 5.02 Å². The number of aliphatic hydroxyl groups excluding tert-OH is 1. The van der Waals surface area contributed by atoms with Gasteiger partial charge in [0.1, 0.15) is 11.5 Å². The Balaban J connectivity index is 3.10. The number of nitrogens with zero attached hydrogens (tertiary/aromatic N) is 1. The molecule has 0 heterocycles. The van der Waals surface area contributed by atoms with Crippen LogP contribution < -0.4 is 5.32 Å². The minimum Gasteiger partial charge on any atom is -0.395 e. The number of nitro benzene ring substituents is 1. The Morgan fingerprint density at radius 2 is 2.27 bits per heavy atom. The molecule has 0 saturated carbocycles. The van der Waals surface area contributed by atoms with E-state index in [1.54, 1.807) is 0 Å². The van der Waals surface area contributed by atoms with Gasteiger partial charge in [0.05, 0.1) is 16.6 Å². The predicted molar refractivity (Wildman–Crippen MR) is 53.6 cm³/mol. The first-order chi connectivity index (χ1) is 7.06. The quantitative estimate of drug-likeness (QED) is 0.615. The van der Waals surface area contributed by atoms with Gasteiger partial charge in [0.15, 0.2) is 0 Å². The van der Waals surface area contributed by atoms with Crippen molar-refractivity contribution in [2.75, 3.05) is 18.5 Å². The maximum atomic E-state index is 13.0. The Morgan fingerprint density at radius 3 is 2.80 bits per heavy atom. The summed E-state index contributed by atoms with van der Waals surface area (Å²) in [5, 5.41) is 21.3.